The van der Waals surface area contributed by atoms with Crippen molar-refractivity contribution < 1.29 is 4.79 Å². The van der Waals surface area contributed by atoms with Gasteiger partial charge >= 0.3 is 0 Å². The van der Waals surface area contributed by atoms with Gasteiger partial charge in [0.15, 0.2) is 0 Å². The third kappa shape index (κ3) is 2.49. The van der Waals surface area contributed by atoms with Crippen LogP contribution < -0.4 is 5.32 Å². The molecule has 80 valence electrons. The van der Waals surface area contributed by atoms with E-state index >= 15 is 0 Å². The molecule has 2 rings (SSSR count). The maximum atomic E-state index is 11.4. The molecule has 0 aliphatic heterocycles. The minimum absolute atomic E-state index is 0.133. The van der Waals surface area contributed by atoms with Crippen molar-refractivity contribution in [3.63, 3.8) is 0 Å². The molecule has 14 heavy (non-hydrogen) atoms. The Morgan fingerprint density at radius 1 is 1.21 bits per heavy atom. The van der Waals surface area contributed by atoms with Crippen molar-refractivity contribution in [2.75, 3.05) is 6.54 Å². The number of amides is 1. The maximum Gasteiger partial charge on any atom is 0.222 e. The molecule has 1 N–H and O–H groups in total. The van der Waals surface area contributed by atoms with E-state index in [2.05, 4.69) is 5.32 Å². The monoisotopic (exact) mass is 195 g/mol. The number of hydrogen-bond donors (Lipinski definition) is 1. The van der Waals surface area contributed by atoms with Crippen molar-refractivity contribution in [3.8, 4) is 0 Å². The van der Waals surface area contributed by atoms with Crippen molar-refractivity contribution in [3.05, 3.63) is 0 Å². The summed E-state index contributed by atoms with van der Waals surface area (Å²) in [6.45, 7) is 4.85. The van der Waals surface area contributed by atoms with Gasteiger partial charge in [-0.3, -0.25) is 4.79 Å². The van der Waals surface area contributed by atoms with E-state index in [0.29, 0.717) is 0 Å². The number of nitrogens with one attached hydrogen (secondary N) is 1. The highest BCUT2D eigenvalue weighted by atomic mass is 16.1. The minimum Gasteiger partial charge on any atom is -0.356 e. The normalized spacial score (nSPS) is 21.7. The van der Waals surface area contributed by atoms with E-state index in [0.717, 1.165) is 24.3 Å². The van der Waals surface area contributed by atoms with Gasteiger partial charge in [0.2, 0.25) is 5.91 Å². The molecule has 0 aromatic carbocycles. The average Bonchev–Trinajstić information content (AvgIpc) is 2.99. The topological polar surface area (TPSA) is 29.1 Å². The zero-order valence-electron chi connectivity index (χ0n) is 9.25. The molecular formula is C12H21NO. The molecule has 0 heterocycles. The first-order chi connectivity index (χ1) is 6.68. The second-order valence-corrected chi connectivity index (χ2v) is 5.24. The molecule has 2 nitrogen and oxygen atoms in total. The molecule has 0 atom stereocenters. The molecule has 2 saturated carbocycles. The summed E-state index contributed by atoms with van der Waals surface area (Å²) in [5, 5.41) is 3.09. The molecule has 2 aliphatic rings. The lowest BCUT2D eigenvalue weighted by atomic mass is 9.98. The molecule has 1 amide bonds. The fourth-order valence-electron chi connectivity index (χ4n) is 2.19. The predicted octanol–water partition coefficient (Wildman–Crippen LogP) is 2.19. The third-order valence-corrected chi connectivity index (χ3v) is 3.49. The Kier molecular flexibility index (Phi) is 2.80. The van der Waals surface area contributed by atoms with E-state index in [-0.39, 0.29) is 11.8 Å². The first-order valence-corrected chi connectivity index (χ1v) is 5.96. The molecule has 0 aromatic rings. The fraction of sp³-hybridized carbons (Fsp3) is 0.917. The Morgan fingerprint density at radius 3 is 2.07 bits per heavy atom. The van der Waals surface area contributed by atoms with Gasteiger partial charge < -0.3 is 5.32 Å². The zero-order chi connectivity index (χ0) is 10.1. The highest BCUT2D eigenvalue weighted by Gasteiger charge is 2.41. The Labute approximate surface area is 86.5 Å². The van der Waals surface area contributed by atoms with Crippen LogP contribution in [0.15, 0.2) is 0 Å². The summed E-state index contributed by atoms with van der Waals surface area (Å²) < 4.78 is 0. The van der Waals surface area contributed by atoms with Crippen molar-refractivity contribution in [1.29, 1.82) is 0 Å². The van der Waals surface area contributed by atoms with Crippen LogP contribution in [0, 0.1) is 23.7 Å². The molecule has 2 aliphatic carbocycles. The van der Waals surface area contributed by atoms with Crippen LogP contribution in [0.25, 0.3) is 0 Å². The summed E-state index contributed by atoms with van der Waals surface area (Å²) in [6.07, 6.45) is 5.61. The van der Waals surface area contributed by atoms with Gasteiger partial charge in [0.25, 0.3) is 0 Å². The summed E-state index contributed by atoms with van der Waals surface area (Å²) in [5.74, 6) is 3.04. The number of rotatable bonds is 5. The van der Waals surface area contributed by atoms with Gasteiger partial charge in [-0.15, -0.1) is 0 Å². The Balaban J connectivity index is 1.74. The van der Waals surface area contributed by atoms with Gasteiger partial charge in [-0.2, -0.15) is 0 Å². The van der Waals surface area contributed by atoms with Gasteiger partial charge in [-0.25, -0.2) is 0 Å². The van der Waals surface area contributed by atoms with Crippen molar-refractivity contribution in [2.45, 2.75) is 39.5 Å². The van der Waals surface area contributed by atoms with Gasteiger partial charge in [-0.05, 0) is 43.4 Å². The standard InChI is InChI=1S/C12H21NO/c1-8(2)12(14)13-7-11(9-3-4-9)10-5-6-10/h8-11H,3-7H2,1-2H3,(H,13,14). The molecule has 0 unspecified atom stereocenters. The van der Waals surface area contributed by atoms with Crippen LogP contribution in [0.3, 0.4) is 0 Å². The lowest BCUT2D eigenvalue weighted by molar-refractivity contribution is -0.124. The number of carbonyl (C=O) groups is 1. The molecule has 0 saturated heterocycles. The van der Waals surface area contributed by atoms with Crippen LogP contribution >= 0.6 is 0 Å². The van der Waals surface area contributed by atoms with Crippen LogP contribution in [-0.4, -0.2) is 12.5 Å². The van der Waals surface area contributed by atoms with E-state index in [1.807, 2.05) is 13.8 Å². The van der Waals surface area contributed by atoms with E-state index in [4.69, 9.17) is 0 Å². The lowest BCUT2D eigenvalue weighted by Crippen LogP contribution is -2.33. The van der Waals surface area contributed by atoms with Crippen molar-refractivity contribution in [1.82, 2.24) is 5.32 Å². The van der Waals surface area contributed by atoms with Gasteiger partial charge in [0.05, 0.1) is 0 Å². The second kappa shape index (κ2) is 3.92. The van der Waals surface area contributed by atoms with Crippen molar-refractivity contribution >= 4 is 5.91 Å². The van der Waals surface area contributed by atoms with Crippen LogP contribution in [0.5, 0.6) is 0 Å². The maximum absolute atomic E-state index is 11.4. The van der Waals surface area contributed by atoms with E-state index in [1.54, 1.807) is 0 Å². The zero-order valence-corrected chi connectivity index (χ0v) is 9.25. The van der Waals surface area contributed by atoms with Crippen molar-refractivity contribution in [2.24, 2.45) is 23.7 Å². The third-order valence-electron chi connectivity index (χ3n) is 3.49. The predicted molar refractivity (Wildman–Crippen MR) is 56.8 cm³/mol. The second-order valence-electron chi connectivity index (χ2n) is 5.24. The molecular weight excluding hydrogens is 174 g/mol. The average molecular weight is 195 g/mol. The largest absolute Gasteiger partial charge is 0.356 e. The van der Waals surface area contributed by atoms with E-state index < -0.39 is 0 Å². The van der Waals surface area contributed by atoms with Crippen LogP contribution in [0.4, 0.5) is 0 Å². The summed E-state index contributed by atoms with van der Waals surface area (Å²) in [7, 11) is 0. The Bertz CT molecular complexity index is 204. The van der Waals surface area contributed by atoms with E-state index in [1.165, 1.54) is 25.7 Å². The quantitative estimate of drug-likeness (QED) is 0.716. The number of carbonyl (C=O) groups excluding carboxylic acids is 1. The van der Waals surface area contributed by atoms with Gasteiger partial charge in [0.1, 0.15) is 0 Å². The molecule has 2 fully saturated rings. The Morgan fingerprint density at radius 2 is 1.71 bits per heavy atom. The summed E-state index contributed by atoms with van der Waals surface area (Å²) >= 11 is 0. The smallest absolute Gasteiger partial charge is 0.222 e. The summed E-state index contributed by atoms with van der Waals surface area (Å²) in [4.78, 5) is 11.4. The van der Waals surface area contributed by atoms with Crippen LogP contribution in [-0.2, 0) is 4.79 Å². The molecule has 0 radical (unpaired) electrons. The molecule has 0 aromatic heterocycles. The van der Waals surface area contributed by atoms with Crippen LogP contribution in [0.2, 0.25) is 0 Å². The summed E-state index contributed by atoms with van der Waals surface area (Å²) in [6, 6.07) is 0. The molecule has 2 heteroatoms. The Hall–Kier alpha value is -0.530. The van der Waals surface area contributed by atoms with Gasteiger partial charge in [-0.1, -0.05) is 13.8 Å². The lowest BCUT2D eigenvalue weighted by Gasteiger charge is -2.17. The SMILES string of the molecule is CC(C)C(=O)NCC(C1CC1)C1CC1. The molecule has 0 spiro atoms. The summed E-state index contributed by atoms with van der Waals surface area (Å²) in [5.41, 5.74) is 0. The highest BCUT2D eigenvalue weighted by Crippen LogP contribution is 2.48. The number of hydrogen-bond acceptors (Lipinski definition) is 1. The highest BCUT2D eigenvalue weighted by molar-refractivity contribution is 5.77. The fourth-order valence-corrected chi connectivity index (χ4v) is 2.19. The van der Waals surface area contributed by atoms with Crippen LogP contribution in [0.1, 0.15) is 39.5 Å². The van der Waals surface area contributed by atoms with Gasteiger partial charge in [0, 0.05) is 12.5 Å². The first kappa shape index (κ1) is 10.0. The minimum atomic E-state index is 0.133. The van der Waals surface area contributed by atoms with E-state index in [9.17, 15) is 4.79 Å². The molecule has 0 bridgehead atoms. The first-order valence-electron chi connectivity index (χ1n) is 5.96.